The van der Waals surface area contributed by atoms with E-state index < -0.39 is 0 Å². The minimum absolute atomic E-state index is 0.0986. The molecule has 1 heterocycles. The van der Waals surface area contributed by atoms with Gasteiger partial charge in [-0.15, -0.1) is 0 Å². The molecule has 18 heavy (non-hydrogen) atoms. The summed E-state index contributed by atoms with van der Waals surface area (Å²) in [6.45, 7) is 2.71. The van der Waals surface area contributed by atoms with Gasteiger partial charge in [-0.25, -0.2) is 0 Å². The lowest BCUT2D eigenvalue weighted by Crippen LogP contribution is -2.30. The van der Waals surface area contributed by atoms with Crippen LogP contribution in [0.15, 0.2) is 30.5 Å². The lowest BCUT2D eigenvalue weighted by Gasteiger charge is -2.11. The number of rotatable bonds is 5. The van der Waals surface area contributed by atoms with Gasteiger partial charge in [-0.1, -0.05) is 18.2 Å². The Kier molecular flexibility index (Phi) is 3.67. The molecule has 0 saturated heterocycles. The van der Waals surface area contributed by atoms with E-state index in [2.05, 4.69) is 28.2 Å². The third kappa shape index (κ3) is 2.71. The average molecular weight is 245 g/mol. The van der Waals surface area contributed by atoms with Gasteiger partial charge in [0.05, 0.1) is 0 Å². The highest BCUT2D eigenvalue weighted by molar-refractivity contribution is 5.83. The van der Waals surface area contributed by atoms with E-state index in [-0.39, 0.29) is 11.9 Å². The van der Waals surface area contributed by atoms with E-state index >= 15 is 0 Å². The van der Waals surface area contributed by atoms with Crippen molar-refractivity contribution < 1.29 is 4.79 Å². The van der Waals surface area contributed by atoms with Gasteiger partial charge in [0.15, 0.2) is 0 Å². The van der Waals surface area contributed by atoms with Gasteiger partial charge in [-0.3, -0.25) is 4.79 Å². The van der Waals surface area contributed by atoms with Gasteiger partial charge in [-0.2, -0.15) is 0 Å². The molecule has 0 spiro atoms. The van der Waals surface area contributed by atoms with E-state index in [1.54, 1.807) is 0 Å². The Bertz CT molecular complexity index is 559. The van der Waals surface area contributed by atoms with E-state index in [9.17, 15) is 4.79 Å². The lowest BCUT2D eigenvalue weighted by atomic mass is 10.1. The molecule has 0 saturated carbocycles. The SMILES string of the molecule is CC(CC(N)=O)NCc1cn(C)c2ccccc12. The summed E-state index contributed by atoms with van der Waals surface area (Å²) in [6.07, 6.45) is 2.49. The number of nitrogens with one attached hydrogen (secondary N) is 1. The fraction of sp³-hybridized carbons (Fsp3) is 0.357. The van der Waals surface area contributed by atoms with E-state index in [1.165, 1.54) is 16.5 Å². The van der Waals surface area contributed by atoms with E-state index in [0.717, 1.165) is 6.54 Å². The second-order valence-electron chi connectivity index (χ2n) is 4.73. The normalized spacial score (nSPS) is 12.8. The molecule has 2 rings (SSSR count). The van der Waals surface area contributed by atoms with E-state index in [0.29, 0.717) is 6.42 Å². The van der Waals surface area contributed by atoms with Crippen LogP contribution in [0, 0.1) is 0 Å². The predicted octanol–water partition coefficient (Wildman–Crippen LogP) is 1.53. The number of nitrogens with zero attached hydrogens (tertiary/aromatic N) is 1. The number of hydrogen-bond acceptors (Lipinski definition) is 2. The minimum atomic E-state index is -0.270. The number of carbonyl (C=O) groups excluding carboxylic acids is 1. The lowest BCUT2D eigenvalue weighted by molar-refractivity contribution is -0.118. The Labute approximate surface area is 107 Å². The summed E-state index contributed by atoms with van der Waals surface area (Å²) in [5.74, 6) is -0.270. The topological polar surface area (TPSA) is 60.1 Å². The van der Waals surface area contributed by atoms with Gasteiger partial charge in [0.25, 0.3) is 0 Å². The number of primary amides is 1. The quantitative estimate of drug-likeness (QED) is 0.839. The van der Waals surface area contributed by atoms with Crippen molar-refractivity contribution in [3.8, 4) is 0 Å². The van der Waals surface area contributed by atoms with Crippen LogP contribution in [-0.4, -0.2) is 16.5 Å². The summed E-state index contributed by atoms with van der Waals surface area (Å²) in [4.78, 5) is 10.8. The van der Waals surface area contributed by atoms with Crippen molar-refractivity contribution in [3.63, 3.8) is 0 Å². The molecule has 1 aromatic heterocycles. The van der Waals surface area contributed by atoms with Crippen LogP contribution < -0.4 is 11.1 Å². The van der Waals surface area contributed by atoms with Gasteiger partial charge in [-0.05, 0) is 18.6 Å². The van der Waals surface area contributed by atoms with Crippen LogP contribution in [0.4, 0.5) is 0 Å². The Morgan fingerprint density at radius 2 is 2.17 bits per heavy atom. The van der Waals surface area contributed by atoms with Crippen molar-refractivity contribution in [2.45, 2.75) is 25.9 Å². The molecule has 1 amide bonds. The number of fused-ring (bicyclic) bond motifs is 1. The number of nitrogens with two attached hydrogens (primary N) is 1. The number of carbonyl (C=O) groups is 1. The Morgan fingerprint density at radius 1 is 1.44 bits per heavy atom. The van der Waals surface area contributed by atoms with Crippen LogP contribution in [0.5, 0.6) is 0 Å². The Morgan fingerprint density at radius 3 is 2.89 bits per heavy atom. The van der Waals surface area contributed by atoms with Gasteiger partial charge in [0, 0.05) is 43.2 Å². The summed E-state index contributed by atoms with van der Waals surface area (Å²) in [5, 5.41) is 4.57. The first kappa shape index (κ1) is 12.6. The highest BCUT2D eigenvalue weighted by atomic mass is 16.1. The maximum absolute atomic E-state index is 10.8. The summed E-state index contributed by atoms with van der Waals surface area (Å²) in [7, 11) is 2.04. The van der Waals surface area contributed by atoms with Crippen molar-refractivity contribution in [1.82, 2.24) is 9.88 Å². The zero-order chi connectivity index (χ0) is 13.1. The van der Waals surface area contributed by atoms with Crippen molar-refractivity contribution in [2.75, 3.05) is 0 Å². The number of para-hydroxylation sites is 1. The average Bonchev–Trinajstić information content (AvgIpc) is 2.64. The standard InChI is InChI=1S/C14H19N3O/c1-10(7-14(15)18)16-8-11-9-17(2)13-6-4-3-5-12(11)13/h3-6,9-10,16H,7-8H2,1-2H3,(H2,15,18). The number of benzene rings is 1. The molecule has 4 heteroatoms. The number of amides is 1. The smallest absolute Gasteiger partial charge is 0.218 e. The summed E-state index contributed by atoms with van der Waals surface area (Å²) < 4.78 is 2.12. The van der Waals surface area contributed by atoms with Gasteiger partial charge in [0.1, 0.15) is 0 Å². The molecule has 1 atom stereocenters. The largest absolute Gasteiger partial charge is 0.370 e. The zero-order valence-corrected chi connectivity index (χ0v) is 10.8. The highest BCUT2D eigenvalue weighted by Gasteiger charge is 2.08. The Balaban J connectivity index is 2.10. The minimum Gasteiger partial charge on any atom is -0.370 e. The first-order valence-electron chi connectivity index (χ1n) is 6.12. The van der Waals surface area contributed by atoms with E-state index in [4.69, 9.17) is 5.73 Å². The van der Waals surface area contributed by atoms with Crippen molar-refractivity contribution in [2.24, 2.45) is 12.8 Å². The van der Waals surface area contributed by atoms with Gasteiger partial charge in [0.2, 0.25) is 5.91 Å². The molecule has 0 fully saturated rings. The van der Waals surface area contributed by atoms with Crippen LogP contribution in [0.2, 0.25) is 0 Å². The maximum atomic E-state index is 10.8. The number of aryl methyl sites for hydroxylation is 1. The summed E-state index contributed by atoms with van der Waals surface area (Å²) in [6, 6.07) is 8.39. The molecule has 3 N–H and O–H groups in total. The summed E-state index contributed by atoms with van der Waals surface area (Å²) in [5.41, 5.74) is 7.63. The molecule has 2 aromatic rings. The molecular formula is C14H19N3O. The molecular weight excluding hydrogens is 226 g/mol. The van der Waals surface area contributed by atoms with Crippen molar-refractivity contribution in [3.05, 3.63) is 36.0 Å². The van der Waals surface area contributed by atoms with Gasteiger partial charge >= 0.3 is 0 Å². The van der Waals surface area contributed by atoms with E-state index in [1.807, 2.05) is 26.1 Å². The fourth-order valence-electron chi connectivity index (χ4n) is 2.22. The van der Waals surface area contributed by atoms with Crippen molar-refractivity contribution in [1.29, 1.82) is 0 Å². The molecule has 0 aliphatic rings. The highest BCUT2D eigenvalue weighted by Crippen LogP contribution is 2.20. The van der Waals surface area contributed by atoms with Crippen LogP contribution >= 0.6 is 0 Å². The molecule has 0 aliphatic carbocycles. The maximum Gasteiger partial charge on any atom is 0.218 e. The predicted molar refractivity (Wildman–Crippen MR) is 73.0 cm³/mol. The van der Waals surface area contributed by atoms with Crippen LogP contribution in [-0.2, 0) is 18.4 Å². The fourth-order valence-corrected chi connectivity index (χ4v) is 2.22. The second kappa shape index (κ2) is 5.23. The third-order valence-corrected chi connectivity index (χ3v) is 3.13. The summed E-state index contributed by atoms with van der Waals surface area (Å²) >= 11 is 0. The Hall–Kier alpha value is -1.81. The van der Waals surface area contributed by atoms with Crippen LogP contribution in [0.3, 0.4) is 0 Å². The van der Waals surface area contributed by atoms with Gasteiger partial charge < -0.3 is 15.6 Å². The number of hydrogen-bond donors (Lipinski definition) is 2. The van der Waals surface area contributed by atoms with Crippen LogP contribution in [0.25, 0.3) is 10.9 Å². The second-order valence-corrected chi connectivity index (χ2v) is 4.73. The monoisotopic (exact) mass is 245 g/mol. The molecule has 0 radical (unpaired) electrons. The first-order valence-corrected chi connectivity index (χ1v) is 6.12. The zero-order valence-electron chi connectivity index (χ0n) is 10.8. The number of aromatic nitrogens is 1. The molecule has 96 valence electrons. The first-order chi connectivity index (χ1) is 8.58. The van der Waals surface area contributed by atoms with Crippen LogP contribution in [0.1, 0.15) is 18.9 Å². The molecule has 1 unspecified atom stereocenters. The molecule has 0 aliphatic heterocycles. The third-order valence-electron chi connectivity index (χ3n) is 3.13. The molecule has 0 bridgehead atoms. The van der Waals surface area contributed by atoms with Crippen molar-refractivity contribution >= 4 is 16.8 Å². The molecule has 1 aromatic carbocycles. The molecule has 4 nitrogen and oxygen atoms in total.